The second kappa shape index (κ2) is 4.61. The molecule has 0 aliphatic rings. The van der Waals surface area contributed by atoms with Crippen LogP contribution in [0, 0.1) is 0 Å². The van der Waals surface area contributed by atoms with Crippen molar-refractivity contribution in [3.63, 3.8) is 0 Å². The van der Waals surface area contributed by atoms with E-state index < -0.39 is 11.6 Å². The molecule has 0 aliphatic heterocycles. The van der Waals surface area contributed by atoms with Gasteiger partial charge < -0.3 is 5.11 Å². The number of carboxylic acids is 1. The van der Waals surface area contributed by atoms with Crippen LogP contribution in [0.2, 0.25) is 0 Å². The molecule has 1 unspecified atom stereocenters. The predicted octanol–water partition coefficient (Wildman–Crippen LogP) is 3.62. The van der Waals surface area contributed by atoms with E-state index in [-0.39, 0.29) is 5.56 Å². The normalized spacial score (nSPS) is 13.9. The molecule has 0 saturated carbocycles. The van der Waals surface area contributed by atoms with Crippen LogP contribution < -0.4 is 0 Å². The molecular weight excluding hydrogens is 231 g/mol. The van der Waals surface area contributed by atoms with Crippen molar-refractivity contribution < 1.29 is 14.3 Å². The van der Waals surface area contributed by atoms with Gasteiger partial charge in [-0.25, -0.2) is 9.18 Å². The maximum atomic E-state index is 13.9. The van der Waals surface area contributed by atoms with Gasteiger partial charge in [-0.3, -0.25) is 0 Å². The van der Waals surface area contributed by atoms with Crippen molar-refractivity contribution in [3.8, 4) is 11.1 Å². The molecule has 0 fully saturated rings. The maximum Gasteiger partial charge on any atom is 0.345 e. The molecule has 0 saturated heterocycles. The highest BCUT2D eigenvalue weighted by Gasteiger charge is 2.34. The summed E-state index contributed by atoms with van der Waals surface area (Å²) in [7, 11) is 0. The van der Waals surface area contributed by atoms with Gasteiger partial charge in [0.25, 0.3) is 0 Å². The van der Waals surface area contributed by atoms with E-state index in [1.54, 1.807) is 12.1 Å². The minimum atomic E-state index is -2.35. The predicted molar refractivity (Wildman–Crippen MR) is 68.0 cm³/mol. The lowest BCUT2D eigenvalue weighted by Crippen LogP contribution is -2.26. The molecular formula is C15H13FO2. The first kappa shape index (κ1) is 12.3. The summed E-state index contributed by atoms with van der Waals surface area (Å²) < 4.78 is 13.9. The summed E-state index contributed by atoms with van der Waals surface area (Å²) in [5, 5.41) is 8.81. The third kappa shape index (κ3) is 2.25. The van der Waals surface area contributed by atoms with Crippen LogP contribution in [0.4, 0.5) is 4.39 Å². The van der Waals surface area contributed by atoms with Gasteiger partial charge in [-0.2, -0.15) is 0 Å². The molecule has 2 aromatic rings. The minimum absolute atomic E-state index is 0.148. The summed E-state index contributed by atoms with van der Waals surface area (Å²) >= 11 is 0. The second-order valence-corrected chi connectivity index (χ2v) is 4.25. The van der Waals surface area contributed by atoms with E-state index >= 15 is 0 Å². The Morgan fingerprint density at radius 1 is 1.00 bits per heavy atom. The van der Waals surface area contributed by atoms with Crippen LogP contribution in [-0.4, -0.2) is 11.1 Å². The van der Waals surface area contributed by atoms with E-state index in [0.717, 1.165) is 18.1 Å². The van der Waals surface area contributed by atoms with Gasteiger partial charge in [-0.1, -0.05) is 54.6 Å². The summed E-state index contributed by atoms with van der Waals surface area (Å²) in [6.45, 7) is 1.05. The lowest BCUT2D eigenvalue weighted by atomic mass is 9.95. The Bertz CT molecular complexity index is 544. The van der Waals surface area contributed by atoms with Gasteiger partial charge in [-0.05, 0) is 18.1 Å². The fraction of sp³-hybridized carbons (Fsp3) is 0.133. The first-order chi connectivity index (χ1) is 8.51. The Hall–Kier alpha value is -2.16. The van der Waals surface area contributed by atoms with Gasteiger partial charge >= 0.3 is 5.97 Å². The van der Waals surface area contributed by atoms with Crippen molar-refractivity contribution in [3.05, 3.63) is 60.2 Å². The van der Waals surface area contributed by atoms with Crippen LogP contribution in [0.5, 0.6) is 0 Å². The van der Waals surface area contributed by atoms with E-state index in [1.807, 2.05) is 30.3 Å². The highest BCUT2D eigenvalue weighted by Crippen LogP contribution is 2.28. The van der Waals surface area contributed by atoms with Gasteiger partial charge in [-0.15, -0.1) is 0 Å². The first-order valence-electron chi connectivity index (χ1n) is 5.60. The highest BCUT2D eigenvalue weighted by molar-refractivity contribution is 5.79. The number of carboxylic acid groups (broad SMARTS) is 1. The molecule has 92 valence electrons. The van der Waals surface area contributed by atoms with Gasteiger partial charge in [0.15, 0.2) is 0 Å². The molecule has 0 aliphatic carbocycles. The Morgan fingerprint density at radius 2 is 1.50 bits per heavy atom. The van der Waals surface area contributed by atoms with E-state index in [1.165, 1.54) is 12.1 Å². The highest BCUT2D eigenvalue weighted by atomic mass is 19.1. The summed E-state index contributed by atoms with van der Waals surface area (Å²) in [5.74, 6) is -1.48. The molecule has 1 N–H and O–H groups in total. The number of halogens is 1. The Balaban J connectivity index is 2.35. The van der Waals surface area contributed by atoms with Crippen molar-refractivity contribution in [2.24, 2.45) is 0 Å². The van der Waals surface area contributed by atoms with Crippen LogP contribution in [0.25, 0.3) is 11.1 Å². The fourth-order valence-corrected chi connectivity index (χ4v) is 1.73. The zero-order valence-corrected chi connectivity index (χ0v) is 9.93. The molecule has 0 heterocycles. The summed E-state index contributed by atoms with van der Waals surface area (Å²) in [6.07, 6.45) is 0. The van der Waals surface area contributed by atoms with Gasteiger partial charge in [0.1, 0.15) is 0 Å². The molecule has 1 atom stereocenters. The van der Waals surface area contributed by atoms with Gasteiger partial charge in [0.05, 0.1) is 0 Å². The molecule has 0 spiro atoms. The Morgan fingerprint density at radius 3 is 2.00 bits per heavy atom. The first-order valence-corrected chi connectivity index (χ1v) is 5.60. The van der Waals surface area contributed by atoms with Crippen molar-refractivity contribution in [2.75, 3.05) is 0 Å². The van der Waals surface area contributed by atoms with Crippen molar-refractivity contribution in [1.29, 1.82) is 0 Å². The lowest BCUT2D eigenvalue weighted by molar-refractivity contribution is -0.150. The molecule has 0 bridgehead atoms. The number of hydrogen-bond acceptors (Lipinski definition) is 1. The van der Waals surface area contributed by atoms with Gasteiger partial charge in [0, 0.05) is 5.56 Å². The number of aliphatic carboxylic acids is 1. The molecule has 2 rings (SSSR count). The molecule has 2 nitrogen and oxygen atoms in total. The van der Waals surface area contributed by atoms with E-state index in [2.05, 4.69) is 0 Å². The third-order valence-corrected chi connectivity index (χ3v) is 2.94. The van der Waals surface area contributed by atoms with Gasteiger partial charge in [0.2, 0.25) is 5.67 Å². The molecule has 3 heteroatoms. The molecule has 0 aromatic heterocycles. The van der Waals surface area contributed by atoms with Crippen molar-refractivity contribution in [1.82, 2.24) is 0 Å². The molecule has 0 radical (unpaired) electrons. The minimum Gasteiger partial charge on any atom is -0.479 e. The maximum absolute atomic E-state index is 13.9. The SMILES string of the molecule is CC(F)(C(=O)O)c1ccc(-c2ccccc2)cc1. The summed E-state index contributed by atoms with van der Waals surface area (Å²) in [6, 6.07) is 16.1. The quantitative estimate of drug-likeness (QED) is 0.895. The topological polar surface area (TPSA) is 37.3 Å². The molecule has 2 aromatic carbocycles. The van der Waals surface area contributed by atoms with E-state index in [4.69, 9.17) is 5.11 Å². The van der Waals surface area contributed by atoms with Crippen LogP contribution in [0.15, 0.2) is 54.6 Å². The van der Waals surface area contributed by atoms with Crippen LogP contribution in [0.3, 0.4) is 0 Å². The van der Waals surface area contributed by atoms with Crippen LogP contribution >= 0.6 is 0 Å². The zero-order valence-electron chi connectivity index (χ0n) is 9.93. The second-order valence-electron chi connectivity index (χ2n) is 4.25. The van der Waals surface area contributed by atoms with E-state index in [0.29, 0.717) is 0 Å². The Kier molecular flexibility index (Phi) is 3.15. The standard InChI is InChI=1S/C15H13FO2/c1-15(16,14(17)18)13-9-7-12(8-10-13)11-5-3-2-4-6-11/h2-10H,1H3,(H,17,18). The average Bonchev–Trinajstić information content (AvgIpc) is 2.40. The average molecular weight is 244 g/mol. The van der Waals surface area contributed by atoms with E-state index in [9.17, 15) is 9.18 Å². The third-order valence-electron chi connectivity index (χ3n) is 2.94. The van der Waals surface area contributed by atoms with Crippen LogP contribution in [0.1, 0.15) is 12.5 Å². The number of alkyl halides is 1. The molecule has 18 heavy (non-hydrogen) atoms. The zero-order chi connectivity index (χ0) is 13.2. The summed E-state index contributed by atoms with van der Waals surface area (Å²) in [5.41, 5.74) is -0.259. The summed E-state index contributed by atoms with van der Waals surface area (Å²) in [4.78, 5) is 10.8. The number of benzene rings is 2. The molecule has 0 amide bonds. The number of carbonyl (C=O) groups is 1. The van der Waals surface area contributed by atoms with Crippen LogP contribution in [-0.2, 0) is 10.5 Å². The number of rotatable bonds is 3. The van der Waals surface area contributed by atoms with Crippen molar-refractivity contribution in [2.45, 2.75) is 12.6 Å². The van der Waals surface area contributed by atoms with Crippen molar-refractivity contribution >= 4 is 5.97 Å². The number of hydrogen-bond donors (Lipinski definition) is 1. The smallest absolute Gasteiger partial charge is 0.345 e. The Labute approximate surface area is 105 Å². The largest absolute Gasteiger partial charge is 0.479 e. The monoisotopic (exact) mass is 244 g/mol. The lowest BCUT2D eigenvalue weighted by Gasteiger charge is -2.15. The fourth-order valence-electron chi connectivity index (χ4n) is 1.73.